The van der Waals surface area contributed by atoms with Crippen LogP contribution in [0.5, 0.6) is 0 Å². The molecule has 0 spiro atoms. The van der Waals surface area contributed by atoms with Crippen LogP contribution in [0.15, 0.2) is 54.7 Å². The van der Waals surface area contributed by atoms with Crippen LogP contribution in [-0.4, -0.2) is 46.8 Å². The fraction of sp³-hybridized carbons (Fsp3) is 0.370. The van der Waals surface area contributed by atoms with Gasteiger partial charge in [-0.15, -0.1) is 0 Å². The largest absolute Gasteiger partial charge is 0.381 e. The van der Waals surface area contributed by atoms with E-state index in [4.69, 9.17) is 9.94 Å². The highest BCUT2D eigenvalue weighted by molar-refractivity contribution is 5.90. The number of aromatic nitrogens is 1. The Morgan fingerprint density at radius 3 is 2.88 bits per heavy atom. The van der Waals surface area contributed by atoms with Gasteiger partial charge in [-0.25, -0.2) is 5.48 Å². The van der Waals surface area contributed by atoms with Gasteiger partial charge in [0.15, 0.2) is 0 Å². The van der Waals surface area contributed by atoms with Crippen LogP contribution < -0.4 is 5.48 Å². The standard InChI is InChI=1S/C27H31N3O3/c31-27(29-32)10-6-19-5-8-24-20(17-19)7-9-26(24)30(22-12-15-33-16-13-22)14-11-21-18-28-25-4-2-1-3-23(21)25/h1-6,8,10,17-18,22,26,28,32H,7,9,11-16H2,(H,29,31)/b10-6+. The minimum atomic E-state index is -0.517. The number of hydrogen-bond donors (Lipinski definition) is 3. The number of carbonyl (C=O) groups is 1. The lowest BCUT2D eigenvalue weighted by molar-refractivity contribution is -0.124. The third-order valence-electron chi connectivity index (χ3n) is 7.12. The summed E-state index contributed by atoms with van der Waals surface area (Å²) in [5.74, 6) is -0.517. The van der Waals surface area contributed by atoms with Crippen LogP contribution >= 0.6 is 0 Å². The molecule has 5 rings (SSSR count). The predicted octanol–water partition coefficient (Wildman–Crippen LogP) is 4.40. The second-order valence-corrected chi connectivity index (χ2v) is 9.01. The highest BCUT2D eigenvalue weighted by atomic mass is 16.5. The highest BCUT2D eigenvalue weighted by Crippen LogP contribution is 2.39. The zero-order valence-electron chi connectivity index (χ0n) is 18.8. The number of benzene rings is 2. The van der Waals surface area contributed by atoms with Crippen LogP contribution in [0.25, 0.3) is 17.0 Å². The van der Waals surface area contributed by atoms with Crippen LogP contribution in [0.1, 0.15) is 47.6 Å². The van der Waals surface area contributed by atoms with Gasteiger partial charge in [0.05, 0.1) is 0 Å². The fourth-order valence-electron chi connectivity index (χ4n) is 5.47. The molecule has 1 fully saturated rings. The maximum Gasteiger partial charge on any atom is 0.267 e. The zero-order chi connectivity index (χ0) is 22.6. The molecule has 1 amide bonds. The maximum atomic E-state index is 11.3. The van der Waals surface area contributed by atoms with Crippen molar-refractivity contribution in [2.45, 2.75) is 44.2 Å². The molecule has 0 saturated carbocycles. The maximum absolute atomic E-state index is 11.3. The molecule has 6 heteroatoms. The van der Waals surface area contributed by atoms with Gasteiger partial charge in [0.25, 0.3) is 5.91 Å². The topological polar surface area (TPSA) is 77.6 Å². The number of rotatable bonds is 7. The van der Waals surface area contributed by atoms with Gasteiger partial charge in [-0.1, -0.05) is 36.4 Å². The van der Waals surface area contributed by atoms with Crippen LogP contribution in [0.4, 0.5) is 0 Å². The van der Waals surface area contributed by atoms with Crippen LogP contribution in [0.3, 0.4) is 0 Å². The Hall–Kier alpha value is -2.93. The number of hydrogen-bond acceptors (Lipinski definition) is 4. The molecular weight excluding hydrogens is 414 g/mol. The van der Waals surface area contributed by atoms with E-state index in [1.807, 2.05) is 0 Å². The third-order valence-corrected chi connectivity index (χ3v) is 7.12. The van der Waals surface area contributed by atoms with Crippen molar-refractivity contribution in [3.63, 3.8) is 0 Å². The van der Waals surface area contributed by atoms with Crippen molar-refractivity contribution in [2.75, 3.05) is 19.8 Å². The van der Waals surface area contributed by atoms with Gasteiger partial charge in [-0.2, -0.15) is 0 Å². The summed E-state index contributed by atoms with van der Waals surface area (Å²) in [5, 5.41) is 10.0. The molecule has 1 atom stereocenters. The summed E-state index contributed by atoms with van der Waals surface area (Å²) in [6.07, 6.45) is 10.6. The highest BCUT2D eigenvalue weighted by Gasteiger charge is 2.33. The summed E-state index contributed by atoms with van der Waals surface area (Å²) >= 11 is 0. The lowest BCUT2D eigenvalue weighted by Crippen LogP contribution is -2.42. The summed E-state index contributed by atoms with van der Waals surface area (Å²) in [5.41, 5.74) is 7.96. The van der Waals surface area contributed by atoms with Gasteiger partial charge in [-0.3, -0.25) is 14.9 Å². The van der Waals surface area contributed by atoms with Gasteiger partial charge in [-0.05, 0) is 66.5 Å². The number of hydroxylamine groups is 1. The van der Waals surface area contributed by atoms with Crippen molar-refractivity contribution in [1.82, 2.24) is 15.4 Å². The number of ether oxygens (including phenoxy) is 1. The molecule has 33 heavy (non-hydrogen) atoms. The van der Waals surface area contributed by atoms with E-state index in [-0.39, 0.29) is 0 Å². The average Bonchev–Trinajstić information content (AvgIpc) is 3.47. The van der Waals surface area contributed by atoms with Crippen molar-refractivity contribution in [3.05, 3.63) is 77.0 Å². The molecule has 2 aromatic carbocycles. The monoisotopic (exact) mass is 445 g/mol. The molecule has 0 bridgehead atoms. The molecule has 1 saturated heterocycles. The molecule has 1 aromatic heterocycles. The number of carbonyl (C=O) groups excluding carboxylic acids is 1. The Balaban J connectivity index is 1.37. The van der Waals surface area contributed by atoms with Gasteiger partial charge in [0.2, 0.25) is 0 Å². The number of nitrogens with one attached hydrogen (secondary N) is 2. The molecule has 2 aliphatic rings. The van der Waals surface area contributed by atoms with Gasteiger partial charge >= 0.3 is 0 Å². The van der Waals surface area contributed by atoms with E-state index in [2.05, 4.69) is 58.5 Å². The van der Waals surface area contributed by atoms with E-state index in [1.54, 1.807) is 11.6 Å². The Kier molecular flexibility index (Phi) is 6.58. The minimum Gasteiger partial charge on any atom is -0.381 e. The summed E-state index contributed by atoms with van der Waals surface area (Å²) in [7, 11) is 0. The van der Waals surface area contributed by atoms with E-state index >= 15 is 0 Å². The molecule has 2 heterocycles. The van der Waals surface area contributed by atoms with E-state index < -0.39 is 5.91 Å². The van der Waals surface area contributed by atoms with Crippen LogP contribution in [-0.2, 0) is 22.4 Å². The van der Waals surface area contributed by atoms with E-state index in [1.165, 1.54) is 33.7 Å². The number of nitrogens with zero attached hydrogens (tertiary/aromatic N) is 1. The van der Waals surface area contributed by atoms with Crippen molar-refractivity contribution < 1.29 is 14.7 Å². The first-order valence-electron chi connectivity index (χ1n) is 11.9. The molecule has 3 N–H and O–H groups in total. The second-order valence-electron chi connectivity index (χ2n) is 9.01. The van der Waals surface area contributed by atoms with Crippen molar-refractivity contribution in [1.29, 1.82) is 0 Å². The number of amides is 1. The molecule has 1 aliphatic heterocycles. The molecule has 6 nitrogen and oxygen atoms in total. The van der Waals surface area contributed by atoms with Crippen molar-refractivity contribution in [3.8, 4) is 0 Å². The Bertz CT molecular complexity index is 1150. The minimum absolute atomic E-state index is 0.409. The first-order valence-corrected chi connectivity index (χ1v) is 11.9. The first kappa shape index (κ1) is 21.9. The van der Waals surface area contributed by atoms with Crippen LogP contribution in [0, 0.1) is 0 Å². The van der Waals surface area contributed by atoms with Gasteiger partial charge < -0.3 is 9.72 Å². The normalized spacial score (nSPS) is 18.9. The smallest absolute Gasteiger partial charge is 0.267 e. The number of aryl methyl sites for hydroxylation is 1. The quantitative estimate of drug-likeness (QED) is 0.286. The fourth-order valence-corrected chi connectivity index (χ4v) is 5.47. The SMILES string of the molecule is O=C(/C=C/c1ccc2c(c1)CCC2N(CCc1c[nH]c2ccccc12)C1CCOCC1)NO. The molecule has 172 valence electrons. The first-order chi connectivity index (χ1) is 16.2. The van der Waals surface area contributed by atoms with Crippen molar-refractivity contribution >= 4 is 22.9 Å². The third kappa shape index (κ3) is 4.74. The molecular formula is C27H31N3O3. The Labute approximate surface area is 194 Å². The zero-order valence-corrected chi connectivity index (χ0v) is 18.8. The summed E-state index contributed by atoms with van der Waals surface area (Å²) in [6, 6.07) is 15.9. The molecule has 1 unspecified atom stereocenters. The lowest BCUT2D eigenvalue weighted by atomic mass is 9.98. The Morgan fingerprint density at radius 2 is 2.03 bits per heavy atom. The van der Waals surface area contributed by atoms with E-state index in [0.717, 1.165) is 57.4 Å². The van der Waals surface area contributed by atoms with E-state index in [0.29, 0.717) is 12.1 Å². The molecule has 0 radical (unpaired) electrons. The number of aromatic amines is 1. The number of para-hydroxylation sites is 1. The van der Waals surface area contributed by atoms with Crippen LogP contribution in [0.2, 0.25) is 0 Å². The second kappa shape index (κ2) is 9.91. The number of fused-ring (bicyclic) bond motifs is 2. The average molecular weight is 446 g/mol. The number of H-pyrrole nitrogens is 1. The van der Waals surface area contributed by atoms with Gasteiger partial charge in [0.1, 0.15) is 0 Å². The Morgan fingerprint density at radius 1 is 1.18 bits per heavy atom. The van der Waals surface area contributed by atoms with E-state index in [9.17, 15) is 4.79 Å². The summed E-state index contributed by atoms with van der Waals surface area (Å²) in [6.45, 7) is 2.70. The predicted molar refractivity (Wildman–Crippen MR) is 129 cm³/mol. The summed E-state index contributed by atoms with van der Waals surface area (Å²) in [4.78, 5) is 17.5. The van der Waals surface area contributed by atoms with Gasteiger partial charge in [0, 0.05) is 55.0 Å². The molecule has 3 aromatic rings. The lowest BCUT2D eigenvalue weighted by Gasteiger charge is -2.39. The van der Waals surface area contributed by atoms with Crippen molar-refractivity contribution in [2.24, 2.45) is 0 Å². The summed E-state index contributed by atoms with van der Waals surface area (Å²) < 4.78 is 5.67. The molecule has 1 aliphatic carbocycles.